The molecule has 118 valence electrons. The van der Waals surface area contributed by atoms with E-state index in [9.17, 15) is 0 Å². The molecule has 1 saturated heterocycles. The third kappa shape index (κ3) is 2.84. The van der Waals surface area contributed by atoms with Gasteiger partial charge < -0.3 is 4.74 Å². The van der Waals surface area contributed by atoms with Crippen LogP contribution in [0.25, 0.3) is 0 Å². The van der Waals surface area contributed by atoms with Crippen molar-refractivity contribution in [3.8, 4) is 5.75 Å². The van der Waals surface area contributed by atoms with E-state index in [1.807, 2.05) is 0 Å². The minimum absolute atomic E-state index is 0.493. The highest BCUT2D eigenvalue weighted by Crippen LogP contribution is 2.41. The average Bonchev–Trinajstić information content (AvgIpc) is 2.97. The monoisotopic (exact) mass is 321 g/mol. The normalized spacial score (nSPS) is 19.7. The van der Waals surface area contributed by atoms with Gasteiger partial charge in [-0.3, -0.25) is 4.90 Å². The van der Waals surface area contributed by atoms with Gasteiger partial charge in [0, 0.05) is 6.54 Å². The first kappa shape index (κ1) is 15.0. The molecule has 2 aromatic rings. The van der Waals surface area contributed by atoms with E-state index in [1.54, 1.807) is 18.2 Å². The molecule has 0 N–H and O–H groups in total. The van der Waals surface area contributed by atoms with Gasteiger partial charge in [0.25, 0.3) is 0 Å². The van der Waals surface area contributed by atoms with Crippen molar-refractivity contribution in [2.24, 2.45) is 0 Å². The van der Waals surface area contributed by atoms with Crippen LogP contribution >= 0.6 is 0 Å². The molecule has 2 aliphatic heterocycles. The molecule has 0 bridgehead atoms. The summed E-state index contributed by atoms with van der Waals surface area (Å²) in [5.74, 6) is 0.940. The third-order valence-corrected chi connectivity index (χ3v) is 7.43. The lowest BCUT2D eigenvalue weighted by Crippen LogP contribution is -2.44. The number of fused-ring (bicyclic) bond motifs is 2. The summed E-state index contributed by atoms with van der Waals surface area (Å²) in [5.41, 5.74) is 4.65. The fraction of sp³-hybridized carbons (Fsp3) is 0.400. The van der Waals surface area contributed by atoms with E-state index in [-0.39, 0.29) is 0 Å². The summed E-state index contributed by atoms with van der Waals surface area (Å²) < 4.78 is 5.24. The number of nitrogens with zero attached hydrogens (tertiary/aromatic N) is 1. The Morgan fingerprint density at radius 3 is 2.52 bits per heavy atom. The van der Waals surface area contributed by atoms with Crippen molar-refractivity contribution in [3.05, 3.63) is 65.2 Å². The summed E-state index contributed by atoms with van der Waals surface area (Å²) in [4.78, 5) is 2.61. The number of benzene rings is 2. The number of likely N-dealkylation sites (tertiary alicyclic amines) is 1. The number of methoxy groups -OCH3 is 1. The average molecular weight is 321 g/mol. The number of rotatable bonds is 3. The number of piperidine rings is 1. The van der Waals surface area contributed by atoms with Crippen LogP contribution < -0.4 is 4.74 Å². The zero-order chi connectivity index (χ0) is 15.7. The quantitative estimate of drug-likeness (QED) is 0.803. The molecule has 0 amide bonds. The second-order valence-electron chi connectivity index (χ2n) is 6.72. The molecule has 0 atom stereocenters. The lowest BCUT2D eigenvalue weighted by Gasteiger charge is -2.40. The third-order valence-electron chi connectivity index (χ3n) is 5.43. The van der Waals surface area contributed by atoms with Crippen molar-refractivity contribution in [2.75, 3.05) is 20.2 Å². The molecule has 2 aliphatic rings. The Morgan fingerprint density at radius 2 is 1.78 bits per heavy atom. The largest absolute Gasteiger partial charge is 0.497 e. The topological polar surface area (TPSA) is 12.5 Å². The molecule has 1 spiro atoms. The second kappa shape index (κ2) is 6.14. The zero-order valence-electron chi connectivity index (χ0n) is 13.7. The summed E-state index contributed by atoms with van der Waals surface area (Å²) >= 11 is 0. The van der Waals surface area contributed by atoms with Gasteiger partial charge in [0.05, 0.1) is 16.6 Å². The molecule has 4 rings (SSSR count). The van der Waals surface area contributed by atoms with Crippen molar-refractivity contribution < 1.29 is 4.74 Å². The fourth-order valence-corrected chi connectivity index (χ4v) is 5.88. The summed E-state index contributed by atoms with van der Waals surface area (Å²) in [6.45, 7) is 3.49. The van der Waals surface area contributed by atoms with Crippen LogP contribution in [0.1, 0.15) is 29.5 Å². The van der Waals surface area contributed by atoms with Gasteiger partial charge in [0.15, 0.2) is 0 Å². The predicted molar refractivity (Wildman–Crippen MR) is 95.1 cm³/mol. The van der Waals surface area contributed by atoms with Crippen LogP contribution in [0.5, 0.6) is 5.75 Å². The number of hydrogen-bond acceptors (Lipinski definition) is 2. The van der Waals surface area contributed by atoms with Crippen molar-refractivity contribution >= 4 is 9.52 Å². The minimum atomic E-state index is 0.493. The fourth-order valence-electron chi connectivity index (χ4n) is 4.03. The molecule has 1 fully saturated rings. The van der Waals surface area contributed by atoms with Gasteiger partial charge >= 0.3 is 0 Å². The molecule has 0 unspecified atom stereocenters. The minimum Gasteiger partial charge on any atom is -0.497 e. The Kier molecular flexibility index (Phi) is 4.00. The predicted octanol–water partition coefficient (Wildman–Crippen LogP) is 3.40. The Morgan fingerprint density at radius 1 is 1.04 bits per heavy atom. The smallest absolute Gasteiger partial charge is 0.118 e. The molecule has 0 saturated carbocycles. The van der Waals surface area contributed by atoms with Gasteiger partial charge in [-0.15, -0.1) is 0 Å². The van der Waals surface area contributed by atoms with Gasteiger partial charge in [-0.05, 0) is 65.8 Å². The maximum atomic E-state index is 5.24. The Labute approximate surface area is 141 Å². The van der Waals surface area contributed by atoms with Crippen LogP contribution in [0, 0.1) is 0 Å². The highest BCUT2D eigenvalue weighted by molar-refractivity contribution is 6.42. The number of ether oxygens (including phenoxy) is 1. The SMILES string of the molecule is COc1ccc(CN2CCC3(CC2)[Si]Cc2ccccc23)cc1. The summed E-state index contributed by atoms with van der Waals surface area (Å²) in [6, 6.07) is 18.9. The summed E-state index contributed by atoms with van der Waals surface area (Å²) in [6.07, 6.45) is 2.64. The van der Waals surface area contributed by atoms with E-state index in [4.69, 9.17) is 4.74 Å². The van der Waals surface area contributed by atoms with E-state index in [2.05, 4.69) is 53.4 Å². The standard InChI is InChI=1S/C20H23NOSi/c1-22-18-8-6-16(7-9-18)14-21-12-10-20(11-13-21)19-5-3-2-4-17(19)15-23-20/h2-9H,10-15H2,1H3. The highest BCUT2D eigenvalue weighted by Gasteiger charge is 2.41. The van der Waals surface area contributed by atoms with Gasteiger partial charge in [0.2, 0.25) is 0 Å². The van der Waals surface area contributed by atoms with Gasteiger partial charge in [-0.1, -0.05) is 36.4 Å². The zero-order valence-corrected chi connectivity index (χ0v) is 14.7. The first-order valence-corrected chi connectivity index (χ1v) is 9.68. The van der Waals surface area contributed by atoms with Gasteiger partial charge in [-0.25, -0.2) is 0 Å². The van der Waals surface area contributed by atoms with Crippen molar-refractivity contribution in [3.63, 3.8) is 0 Å². The van der Waals surface area contributed by atoms with Crippen molar-refractivity contribution in [1.29, 1.82) is 0 Å². The molecule has 2 heterocycles. The van der Waals surface area contributed by atoms with E-state index >= 15 is 0 Å². The van der Waals surface area contributed by atoms with Crippen LogP contribution in [-0.4, -0.2) is 34.6 Å². The summed E-state index contributed by atoms with van der Waals surface area (Å²) in [7, 11) is 2.80. The van der Waals surface area contributed by atoms with Gasteiger partial charge in [-0.2, -0.15) is 0 Å². The van der Waals surface area contributed by atoms with Crippen molar-refractivity contribution in [1.82, 2.24) is 4.90 Å². The van der Waals surface area contributed by atoms with Crippen LogP contribution in [0.2, 0.25) is 0 Å². The van der Waals surface area contributed by atoms with Crippen LogP contribution in [0.3, 0.4) is 0 Å². The van der Waals surface area contributed by atoms with Crippen LogP contribution in [0.4, 0.5) is 0 Å². The molecule has 0 aromatic heterocycles. The Hall–Kier alpha value is -1.58. The Balaban J connectivity index is 1.41. The van der Waals surface area contributed by atoms with E-state index < -0.39 is 0 Å². The maximum absolute atomic E-state index is 5.24. The molecule has 23 heavy (non-hydrogen) atoms. The highest BCUT2D eigenvalue weighted by atomic mass is 28.2. The first-order chi connectivity index (χ1) is 11.3. The van der Waals surface area contributed by atoms with E-state index in [0.717, 1.165) is 21.8 Å². The van der Waals surface area contributed by atoms with E-state index in [1.165, 1.54) is 37.5 Å². The van der Waals surface area contributed by atoms with Gasteiger partial charge in [0.1, 0.15) is 5.75 Å². The molecule has 2 nitrogen and oxygen atoms in total. The van der Waals surface area contributed by atoms with E-state index in [0.29, 0.717) is 5.04 Å². The lowest BCUT2D eigenvalue weighted by molar-refractivity contribution is 0.189. The van der Waals surface area contributed by atoms with Crippen LogP contribution in [-0.2, 0) is 17.6 Å². The molecular formula is C20H23NOSi. The van der Waals surface area contributed by atoms with Crippen LogP contribution in [0.15, 0.2) is 48.5 Å². The second-order valence-corrected chi connectivity index (χ2v) is 8.38. The molecule has 2 radical (unpaired) electrons. The lowest BCUT2D eigenvalue weighted by atomic mass is 9.86. The number of hydrogen-bond donors (Lipinski definition) is 0. The Bertz CT molecular complexity index is 674. The van der Waals surface area contributed by atoms with Crippen molar-refractivity contribution in [2.45, 2.75) is 30.5 Å². The molecule has 0 aliphatic carbocycles. The summed E-state index contributed by atoms with van der Waals surface area (Å²) in [5, 5.41) is 0.493. The molecular weight excluding hydrogens is 298 g/mol. The molecule has 2 aromatic carbocycles. The maximum Gasteiger partial charge on any atom is 0.118 e. The first-order valence-electron chi connectivity index (χ1n) is 8.48. The molecule has 3 heteroatoms.